The van der Waals surface area contributed by atoms with Gasteiger partial charge in [-0.25, -0.2) is 0 Å². The number of benzene rings is 9. The smallest absolute Gasteiger partial charge is 0.136 e. The summed E-state index contributed by atoms with van der Waals surface area (Å²) in [5, 5.41) is 7.08. The number of anilines is 3. The SMILES string of the molecule is C1=c2oc3ccccc3c2=C(c2ccc(N(c3ccc(-c4ccccc4)cc3)c3ccc(-c4ccc5ccc6oc7ccccc7c6c5c4)cc3-c3ccccc3)cc2)CC1. The predicted octanol–water partition coefficient (Wildman–Crippen LogP) is 14.7. The van der Waals surface area contributed by atoms with Crippen molar-refractivity contribution in [2.24, 2.45) is 0 Å². The van der Waals surface area contributed by atoms with Crippen LogP contribution in [0.2, 0.25) is 0 Å². The van der Waals surface area contributed by atoms with E-state index in [0.29, 0.717) is 0 Å². The van der Waals surface area contributed by atoms with Crippen molar-refractivity contribution < 1.29 is 8.83 Å². The molecule has 0 amide bonds. The molecule has 0 unspecified atom stereocenters. The molecule has 0 bridgehead atoms. The van der Waals surface area contributed by atoms with Gasteiger partial charge in [0.15, 0.2) is 0 Å². The molecule has 0 saturated heterocycles. The third kappa shape index (κ3) is 6.05. The molecule has 12 rings (SSSR count). The van der Waals surface area contributed by atoms with E-state index in [0.717, 1.165) is 85.1 Å². The van der Waals surface area contributed by atoms with Crippen molar-refractivity contribution in [3.63, 3.8) is 0 Å². The molecule has 3 heteroatoms. The largest absolute Gasteiger partial charge is 0.456 e. The zero-order valence-electron chi connectivity index (χ0n) is 33.4. The number of nitrogens with zero attached hydrogens (tertiary/aromatic N) is 1. The average molecular weight is 782 g/mol. The van der Waals surface area contributed by atoms with Crippen molar-refractivity contribution in [3.05, 3.63) is 222 Å². The van der Waals surface area contributed by atoms with Gasteiger partial charge in [-0.2, -0.15) is 0 Å². The number of furan rings is 2. The second-order valence-electron chi connectivity index (χ2n) is 15.9. The fourth-order valence-corrected chi connectivity index (χ4v) is 9.44. The molecule has 1 aliphatic carbocycles. The molecule has 0 aliphatic heterocycles. The van der Waals surface area contributed by atoms with Gasteiger partial charge >= 0.3 is 0 Å². The van der Waals surface area contributed by atoms with Gasteiger partial charge in [-0.15, -0.1) is 0 Å². The van der Waals surface area contributed by atoms with Crippen LogP contribution < -0.4 is 15.5 Å². The number of hydrogen-bond donors (Lipinski definition) is 0. The fraction of sp³-hybridized carbons (Fsp3) is 0.0345. The maximum atomic E-state index is 6.32. The van der Waals surface area contributed by atoms with E-state index in [4.69, 9.17) is 8.83 Å². The van der Waals surface area contributed by atoms with Crippen LogP contribution in [0.4, 0.5) is 17.1 Å². The molecular weight excluding hydrogens is 743 g/mol. The van der Waals surface area contributed by atoms with Crippen molar-refractivity contribution in [2.45, 2.75) is 12.8 Å². The van der Waals surface area contributed by atoms with E-state index >= 15 is 0 Å². The summed E-state index contributed by atoms with van der Waals surface area (Å²) in [6.45, 7) is 0. The van der Waals surface area contributed by atoms with Crippen LogP contribution in [0.5, 0.6) is 0 Å². The molecule has 0 atom stereocenters. The molecule has 11 aromatic rings. The van der Waals surface area contributed by atoms with Crippen LogP contribution in [0.15, 0.2) is 215 Å². The normalized spacial score (nSPS) is 12.6. The van der Waals surface area contributed by atoms with Gasteiger partial charge in [-0.3, -0.25) is 0 Å². The number of hydrogen-bond acceptors (Lipinski definition) is 3. The Bertz CT molecular complexity index is 3560. The average Bonchev–Trinajstić information content (AvgIpc) is 3.92. The lowest BCUT2D eigenvalue weighted by Crippen LogP contribution is -2.26. The van der Waals surface area contributed by atoms with Gasteiger partial charge in [0.25, 0.3) is 0 Å². The first-order chi connectivity index (χ1) is 30.2. The quantitative estimate of drug-likeness (QED) is 0.161. The van der Waals surface area contributed by atoms with Gasteiger partial charge in [0.2, 0.25) is 0 Å². The summed E-state index contributed by atoms with van der Waals surface area (Å²) < 4.78 is 12.6. The summed E-state index contributed by atoms with van der Waals surface area (Å²) in [6.07, 6.45) is 4.16. The van der Waals surface area contributed by atoms with Crippen molar-refractivity contribution in [3.8, 4) is 33.4 Å². The monoisotopic (exact) mass is 781 g/mol. The van der Waals surface area contributed by atoms with Gasteiger partial charge in [0.1, 0.15) is 22.2 Å². The minimum atomic E-state index is 0.907. The highest BCUT2D eigenvalue weighted by Crippen LogP contribution is 2.44. The predicted molar refractivity (Wildman–Crippen MR) is 254 cm³/mol. The molecule has 61 heavy (non-hydrogen) atoms. The highest BCUT2D eigenvalue weighted by Gasteiger charge is 2.21. The van der Waals surface area contributed by atoms with E-state index in [1.165, 1.54) is 43.6 Å². The van der Waals surface area contributed by atoms with Crippen LogP contribution in [0.3, 0.4) is 0 Å². The highest BCUT2D eigenvalue weighted by molar-refractivity contribution is 6.19. The Morgan fingerprint density at radius 2 is 0.967 bits per heavy atom. The zero-order chi connectivity index (χ0) is 40.3. The Morgan fingerprint density at radius 1 is 0.393 bits per heavy atom. The second-order valence-corrected chi connectivity index (χ2v) is 15.9. The van der Waals surface area contributed by atoms with E-state index in [9.17, 15) is 0 Å². The third-order valence-electron chi connectivity index (χ3n) is 12.4. The van der Waals surface area contributed by atoms with Gasteiger partial charge in [-0.05, 0) is 129 Å². The topological polar surface area (TPSA) is 29.5 Å². The molecule has 0 fully saturated rings. The van der Waals surface area contributed by atoms with Gasteiger partial charge < -0.3 is 13.7 Å². The summed E-state index contributed by atoms with van der Waals surface area (Å²) in [7, 11) is 0. The van der Waals surface area contributed by atoms with Crippen molar-refractivity contribution in [1.29, 1.82) is 0 Å². The molecular formula is C58H39NO2. The zero-order valence-corrected chi connectivity index (χ0v) is 33.4. The lowest BCUT2D eigenvalue weighted by atomic mass is 9.93. The van der Waals surface area contributed by atoms with Gasteiger partial charge in [0.05, 0.1) is 5.69 Å². The molecule has 1 aliphatic rings. The number of fused-ring (bicyclic) bond motifs is 8. The summed E-state index contributed by atoms with van der Waals surface area (Å²) in [6, 6.07) is 74.2. The molecule has 0 spiro atoms. The number of rotatable bonds is 7. The molecule has 9 aromatic carbocycles. The first-order valence-corrected chi connectivity index (χ1v) is 21.0. The van der Waals surface area contributed by atoms with Crippen LogP contribution in [0, 0.1) is 0 Å². The maximum absolute atomic E-state index is 6.32. The highest BCUT2D eigenvalue weighted by atomic mass is 16.3. The molecule has 0 N–H and O–H groups in total. The summed E-state index contributed by atoms with van der Waals surface area (Å²) in [4.78, 5) is 2.41. The van der Waals surface area contributed by atoms with Crippen LogP contribution in [0.1, 0.15) is 18.4 Å². The Balaban J connectivity index is 1.03. The molecule has 2 heterocycles. The lowest BCUT2D eigenvalue weighted by Gasteiger charge is -2.29. The summed E-state index contributed by atoms with van der Waals surface area (Å²) >= 11 is 0. The maximum Gasteiger partial charge on any atom is 0.136 e. The molecule has 0 saturated carbocycles. The van der Waals surface area contributed by atoms with Crippen LogP contribution >= 0.6 is 0 Å². The second kappa shape index (κ2) is 14.4. The van der Waals surface area contributed by atoms with Crippen molar-refractivity contribution in [1.82, 2.24) is 0 Å². The Kier molecular flexibility index (Phi) is 8.31. The number of para-hydroxylation sites is 2. The minimum Gasteiger partial charge on any atom is -0.456 e. The minimum absolute atomic E-state index is 0.907. The first-order valence-electron chi connectivity index (χ1n) is 21.0. The van der Waals surface area contributed by atoms with E-state index < -0.39 is 0 Å². The molecule has 288 valence electrons. The van der Waals surface area contributed by atoms with Crippen LogP contribution in [-0.4, -0.2) is 0 Å². The van der Waals surface area contributed by atoms with Crippen molar-refractivity contribution in [2.75, 3.05) is 4.90 Å². The third-order valence-corrected chi connectivity index (χ3v) is 12.4. The molecule has 0 radical (unpaired) electrons. The molecule has 2 aromatic heterocycles. The van der Waals surface area contributed by atoms with Crippen LogP contribution in [0.25, 0.3) is 88.7 Å². The molecule has 3 nitrogen and oxygen atoms in total. The Morgan fingerprint density at radius 3 is 1.72 bits per heavy atom. The van der Waals surface area contributed by atoms with Crippen molar-refractivity contribution >= 4 is 72.4 Å². The van der Waals surface area contributed by atoms with E-state index in [2.05, 4.69) is 205 Å². The van der Waals surface area contributed by atoms with E-state index in [-0.39, 0.29) is 0 Å². The summed E-state index contributed by atoms with van der Waals surface area (Å²) in [5.74, 6) is 0. The lowest BCUT2D eigenvalue weighted by molar-refractivity contribution is 0.571. The van der Waals surface area contributed by atoms with Gasteiger partial charge in [0, 0.05) is 38.3 Å². The first kappa shape index (κ1) is 35.1. The fourth-order valence-electron chi connectivity index (χ4n) is 9.44. The standard InChI is InChI=1S/C58H39NO2/c1-3-12-38(13-4-1)39-24-30-45(31-25-39)59(46-32-26-41(27-33-46)47-18-11-21-55-57(47)48-16-7-9-19-53(48)60-55)52-34-28-44(36-50(52)40-14-5-2-6-15-40)43-23-22-42-29-35-56-58(51(42)37-43)49-17-8-10-20-54(49)61-56/h1-10,12-17,19-37H,11,18H2. The van der Waals surface area contributed by atoms with E-state index in [1.807, 2.05) is 12.1 Å². The van der Waals surface area contributed by atoms with Gasteiger partial charge in [-0.1, -0.05) is 146 Å². The van der Waals surface area contributed by atoms with Crippen LogP contribution in [-0.2, 0) is 0 Å². The Hall–Kier alpha value is -7.88. The van der Waals surface area contributed by atoms with E-state index in [1.54, 1.807) is 0 Å². The Labute approximate surface area is 353 Å². The summed E-state index contributed by atoms with van der Waals surface area (Å²) in [5.41, 5.74) is 16.5.